The highest BCUT2D eigenvalue weighted by molar-refractivity contribution is 5.38. The molecule has 0 spiro atoms. The Balaban J connectivity index is 2.16. The van der Waals surface area contributed by atoms with Crippen LogP contribution in [-0.4, -0.2) is 42.9 Å². The SMILES string of the molecule is COc1ccc(C(C)O)cc1CN1CCCC(C)(OC)C1. The third-order valence-corrected chi connectivity index (χ3v) is 4.41. The molecule has 0 bridgehead atoms. The number of nitrogens with zero attached hydrogens (tertiary/aromatic N) is 1. The zero-order valence-electron chi connectivity index (χ0n) is 13.6. The summed E-state index contributed by atoms with van der Waals surface area (Å²) in [5.74, 6) is 0.879. The van der Waals surface area contributed by atoms with Gasteiger partial charge in [-0.05, 0) is 50.9 Å². The molecule has 118 valence electrons. The number of piperidine rings is 1. The minimum absolute atomic E-state index is 0.0621. The van der Waals surface area contributed by atoms with Crippen molar-refractivity contribution in [3.05, 3.63) is 29.3 Å². The molecule has 1 aliphatic rings. The van der Waals surface area contributed by atoms with E-state index in [0.29, 0.717) is 0 Å². The maximum atomic E-state index is 9.76. The second-order valence-corrected chi connectivity index (χ2v) is 6.22. The zero-order valence-corrected chi connectivity index (χ0v) is 13.6. The van der Waals surface area contributed by atoms with Crippen molar-refractivity contribution in [1.29, 1.82) is 0 Å². The molecule has 1 fully saturated rings. The molecule has 4 nitrogen and oxygen atoms in total. The summed E-state index contributed by atoms with van der Waals surface area (Å²) in [4.78, 5) is 2.40. The Hall–Kier alpha value is -1.10. The van der Waals surface area contributed by atoms with Crippen LogP contribution < -0.4 is 4.74 Å². The van der Waals surface area contributed by atoms with Gasteiger partial charge in [-0.2, -0.15) is 0 Å². The molecular formula is C17H27NO3. The van der Waals surface area contributed by atoms with Gasteiger partial charge in [0.05, 0.1) is 18.8 Å². The average molecular weight is 293 g/mol. The predicted molar refractivity (Wildman–Crippen MR) is 83.6 cm³/mol. The van der Waals surface area contributed by atoms with Crippen molar-refractivity contribution in [2.75, 3.05) is 27.3 Å². The second kappa shape index (κ2) is 6.77. The van der Waals surface area contributed by atoms with Gasteiger partial charge in [-0.15, -0.1) is 0 Å². The highest BCUT2D eigenvalue weighted by atomic mass is 16.5. The first-order valence-electron chi connectivity index (χ1n) is 7.60. The van der Waals surface area contributed by atoms with Gasteiger partial charge in [0.2, 0.25) is 0 Å². The van der Waals surface area contributed by atoms with Crippen LogP contribution in [0.2, 0.25) is 0 Å². The van der Waals surface area contributed by atoms with Crippen molar-refractivity contribution in [2.24, 2.45) is 0 Å². The van der Waals surface area contributed by atoms with Crippen LogP contribution in [0.3, 0.4) is 0 Å². The third-order valence-electron chi connectivity index (χ3n) is 4.41. The number of ether oxygens (including phenoxy) is 2. The van der Waals surface area contributed by atoms with E-state index in [1.165, 1.54) is 0 Å². The first-order chi connectivity index (χ1) is 9.97. The summed E-state index contributed by atoms with van der Waals surface area (Å²) < 4.78 is 11.1. The molecule has 0 radical (unpaired) electrons. The number of likely N-dealkylation sites (tertiary alicyclic amines) is 1. The van der Waals surface area contributed by atoms with Crippen molar-refractivity contribution >= 4 is 0 Å². The molecule has 21 heavy (non-hydrogen) atoms. The van der Waals surface area contributed by atoms with Crippen molar-refractivity contribution in [1.82, 2.24) is 4.90 Å². The van der Waals surface area contributed by atoms with Crippen LogP contribution in [0.15, 0.2) is 18.2 Å². The Morgan fingerprint density at radius 3 is 2.76 bits per heavy atom. The van der Waals surface area contributed by atoms with E-state index in [2.05, 4.69) is 11.8 Å². The van der Waals surface area contributed by atoms with Gasteiger partial charge in [0.15, 0.2) is 0 Å². The molecule has 2 rings (SSSR count). The van der Waals surface area contributed by atoms with E-state index < -0.39 is 6.10 Å². The smallest absolute Gasteiger partial charge is 0.123 e. The number of aliphatic hydroxyl groups excluding tert-OH is 1. The summed E-state index contributed by atoms with van der Waals surface area (Å²) in [6, 6.07) is 5.90. The van der Waals surface area contributed by atoms with E-state index in [-0.39, 0.29) is 5.60 Å². The number of benzene rings is 1. The van der Waals surface area contributed by atoms with Crippen LogP contribution in [-0.2, 0) is 11.3 Å². The molecule has 0 amide bonds. The van der Waals surface area contributed by atoms with E-state index in [0.717, 1.165) is 49.4 Å². The molecule has 0 saturated carbocycles. The summed E-state index contributed by atoms with van der Waals surface area (Å²) >= 11 is 0. The quantitative estimate of drug-likeness (QED) is 0.906. The zero-order chi connectivity index (χ0) is 15.5. The van der Waals surface area contributed by atoms with E-state index in [1.54, 1.807) is 21.1 Å². The van der Waals surface area contributed by atoms with Gasteiger partial charge in [-0.25, -0.2) is 0 Å². The Kier molecular flexibility index (Phi) is 5.25. The number of hydrogen-bond acceptors (Lipinski definition) is 4. The Labute approximate surface area is 127 Å². The molecule has 0 aliphatic carbocycles. The molecular weight excluding hydrogens is 266 g/mol. The van der Waals surface area contributed by atoms with Gasteiger partial charge in [0.1, 0.15) is 5.75 Å². The lowest BCUT2D eigenvalue weighted by molar-refractivity contribution is -0.0528. The van der Waals surface area contributed by atoms with Gasteiger partial charge in [0.25, 0.3) is 0 Å². The molecule has 1 heterocycles. The van der Waals surface area contributed by atoms with E-state index in [1.807, 2.05) is 18.2 Å². The van der Waals surface area contributed by atoms with Crippen molar-refractivity contribution in [3.63, 3.8) is 0 Å². The van der Waals surface area contributed by atoms with Crippen LogP contribution in [0, 0.1) is 0 Å². The number of rotatable bonds is 5. The molecule has 2 unspecified atom stereocenters. The highest BCUT2D eigenvalue weighted by Crippen LogP contribution is 2.29. The van der Waals surface area contributed by atoms with E-state index in [9.17, 15) is 5.11 Å². The monoisotopic (exact) mass is 293 g/mol. The summed E-state index contributed by atoms with van der Waals surface area (Å²) in [6.07, 6.45) is 1.79. The maximum absolute atomic E-state index is 9.76. The summed E-state index contributed by atoms with van der Waals surface area (Å²) in [6.45, 7) is 6.77. The minimum Gasteiger partial charge on any atom is -0.496 e. The van der Waals surface area contributed by atoms with Crippen molar-refractivity contribution in [2.45, 2.75) is 44.9 Å². The molecule has 1 saturated heterocycles. The summed E-state index contributed by atoms with van der Waals surface area (Å²) in [7, 11) is 3.48. The van der Waals surface area contributed by atoms with Crippen LogP contribution >= 0.6 is 0 Å². The van der Waals surface area contributed by atoms with Crippen LogP contribution in [0.5, 0.6) is 5.75 Å². The average Bonchev–Trinajstić information content (AvgIpc) is 2.47. The molecule has 1 aliphatic heterocycles. The summed E-state index contributed by atoms with van der Waals surface area (Å²) in [5, 5.41) is 9.76. The lowest BCUT2D eigenvalue weighted by Crippen LogP contribution is -2.46. The first kappa shape index (κ1) is 16.3. The first-order valence-corrected chi connectivity index (χ1v) is 7.60. The normalized spacial score (nSPS) is 24.8. The van der Waals surface area contributed by atoms with Gasteiger partial charge < -0.3 is 14.6 Å². The second-order valence-electron chi connectivity index (χ2n) is 6.22. The topological polar surface area (TPSA) is 41.9 Å². The highest BCUT2D eigenvalue weighted by Gasteiger charge is 2.30. The fourth-order valence-electron chi connectivity index (χ4n) is 3.03. The number of methoxy groups -OCH3 is 2. The van der Waals surface area contributed by atoms with Crippen LogP contribution in [0.25, 0.3) is 0 Å². The number of hydrogen-bond donors (Lipinski definition) is 1. The predicted octanol–water partition coefficient (Wildman–Crippen LogP) is 2.75. The maximum Gasteiger partial charge on any atom is 0.123 e. The lowest BCUT2D eigenvalue weighted by atomic mass is 9.94. The van der Waals surface area contributed by atoms with Gasteiger partial charge in [-0.3, -0.25) is 4.90 Å². The standard InChI is InChI=1S/C17H27NO3/c1-13(19)14-6-7-16(20-3)15(10-14)11-18-9-5-8-17(2,12-18)21-4/h6-7,10,13,19H,5,8-9,11-12H2,1-4H3. The Bertz CT molecular complexity index is 475. The largest absolute Gasteiger partial charge is 0.496 e. The number of aliphatic hydroxyl groups is 1. The molecule has 1 aromatic carbocycles. The van der Waals surface area contributed by atoms with Crippen molar-refractivity contribution in [3.8, 4) is 5.75 Å². The van der Waals surface area contributed by atoms with Crippen LogP contribution in [0.1, 0.15) is 43.9 Å². The van der Waals surface area contributed by atoms with Gasteiger partial charge >= 0.3 is 0 Å². The Morgan fingerprint density at radius 1 is 1.38 bits per heavy atom. The van der Waals surface area contributed by atoms with Gasteiger partial charge in [-0.1, -0.05) is 6.07 Å². The molecule has 2 atom stereocenters. The van der Waals surface area contributed by atoms with Crippen molar-refractivity contribution < 1.29 is 14.6 Å². The molecule has 1 N–H and O–H groups in total. The minimum atomic E-state index is -0.458. The lowest BCUT2D eigenvalue weighted by Gasteiger charge is -2.39. The van der Waals surface area contributed by atoms with E-state index in [4.69, 9.17) is 9.47 Å². The summed E-state index contributed by atoms with van der Waals surface area (Å²) in [5.41, 5.74) is 1.99. The molecule has 0 aromatic heterocycles. The van der Waals surface area contributed by atoms with Crippen LogP contribution in [0.4, 0.5) is 0 Å². The third kappa shape index (κ3) is 3.96. The molecule has 1 aromatic rings. The van der Waals surface area contributed by atoms with E-state index >= 15 is 0 Å². The fraction of sp³-hybridized carbons (Fsp3) is 0.647. The fourth-order valence-corrected chi connectivity index (χ4v) is 3.03. The Morgan fingerprint density at radius 2 is 2.14 bits per heavy atom. The van der Waals surface area contributed by atoms with Gasteiger partial charge in [0, 0.05) is 25.8 Å². The molecule has 4 heteroatoms.